The minimum atomic E-state index is -0.623. The molecule has 0 aliphatic carbocycles. The highest BCUT2D eigenvalue weighted by molar-refractivity contribution is 6.32. The monoisotopic (exact) mass is 240 g/mol. The van der Waals surface area contributed by atoms with Crippen LogP contribution < -0.4 is 15.2 Å². The maximum Gasteiger partial charge on any atom is 0.255 e. The number of benzene rings is 1. The second-order valence-electron chi connectivity index (χ2n) is 2.86. The number of rotatable bonds is 4. The molecule has 0 atom stereocenters. The van der Waals surface area contributed by atoms with Crippen LogP contribution in [-0.4, -0.2) is 19.6 Å². The lowest BCUT2D eigenvalue weighted by atomic mass is 10.2. The molecule has 0 aromatic heterocycles. The van der Waals surface area contributed by atoms with Crippen molar-refractivity contribution >= 4 is 17.5 Å². The van der Waals surface area contributed by atoms with Crippen LogP contribution in [0.25, 0.3) is 0 Å². The average molecular weight is 241 g/mol. The third-order valence-corrected chi connectivity index (χ3v) is 2.00. The summed E-state index contributed by atoms with van der Waals surface area (Å²) in [6.07, 6.45) is 0. The lowest BCUT2D eigenvalue weighted by Gasteiger charge is -2.11. The first-order valence-corrected chi connectivity index (χ1v) is 4.65. The van der Waals surface area contributed by atoms with E-state index in [9.17, 15) is 4.79 Å². The fourth-order valence-electron chi connectivity index (χ4n) is 1.07. The van der Waals surface area contributed by atoms with Gasteiger partial charge in [0.25, 0.3) is 5.91 Å². The highest BCUT2D eigenvalue weighted by atomic mass is 35.5. The van der Waals surface area contributed by atoms with Crippen LogP contribution in [0.1, 0.15) is 5.56 Å². The van der Waals surface area contributed by atoms with Gasteiger partial charge >= 0.3 is 0 Å². The number of nitrogens with two attached hydrogens (primary N) is 1. The topological polar surface area (TPSA) is 85.3 Å². The minimum absolute atomic E-state index is 0.192. The van der Waals surface area contributed by atoms with Gasteiger partial charge in [0, 0.05) is 6.07 Å². The Hall–Kier alpha value is -1.93. The Kier molecular flexibility index (Phi) is 3.97. The van der Waals surface area contributed by atoms with E-state index >= 15 is 0 Å². The zero-order chi connectivity index (χ0) is 12.1. The van der Waals surface area contributed by atoms with Gasteiger partial charge in [-0.15, -0.1) is 0 Å². The fraction of sp³-hybridized carbons (Fsp3) is 0.200. The van der Waals surface area contributed by atoms with Crippen molar-refractivity contribution in [3.63, 3.8) is 0 Å². The number of methoxy groups -OCH3 is 1. The Bertz CT molecular complexity index is 454. The molecule has 1 rings (SSSR count). The Balaban J connectivity index is 3.07. The van der Waals surface area contributed by atoms with Gasteiger partial charge in [0.2, 0.25) is 0 Å². The molecule has 0 saturated heterocycles. The van der Waals surface area contributed by atoms with Crippen molar-refractivity contribution in [1.82, 2.24) is 0 Å². The van der Waals surface area contributed by atoms with Gasteiger partial charge in [0.1, 0.15) is 0 Å². The first-order valence-electron chi connectivity index (χ1n) is 4.27. The number of nitriles is 1. The van der Waals surface area contributed by atoms with Crippen LogP contribution in [0.3, 0.4) is 0 Å². The molecular formula is C10H9ClN2O3. The van der Waals surface area contributed by atoms with E-state index in [0.29, 0.717) is 5.56 Å². The maximum atomic E-state index is 10.6. The van der Waals surface area contributed by atoms with Crippen molar-refractivity contribution in [2.75, 3.05) is 13.7 Å². The summed E-state index contributed by atoms with van der Waals surface area (Å²) in [5, 5.41) is 8.90. The van der Waals surface area contributed by atoms with Gasteiger partial charge in [-0.1, -0.05) is 11.6 Å². The van der Waals surface area contributed by atoms with E-state index in [4.69, 9.17) is 32.1 Å². The van der Waals surface area contributed by atoms with Gasteiger partial charge < -0.3 is 15.2 Å². The van der Waals surface area contributed by atoms with E-state index in [1.54, 1.807) is 0 Å². The zero-order valence-electron chi connectivity index (χ0n) is 8.49. The average Bonchev–Trinajstić information content (AvgIpc) is 2.26. The van der Waals surface area contributed by atoms with Crippen LogP contribution in [0, 0.1) is 11.3 Å². The van der Waals surface area contributed by atoms with Crippen LogP contribution in [0.5, 0.6) is 11.5 Å². The summed E-state index contributed by atoms with van der Waals surface area (Å²) in [4.78, 5) is 10.6. The molecule has 5 nitrogen and oxygen atoms in total. The number of carbonyl (C=O) groups excluding carboxylic acids is 1. The molecular weight excluding hydrogens is 232 g/mol. The van der Waals surface area contributed by atoms with E-state index < -0.39 is 5.91 Å². The molecule has 0 bridgehead atoms. The molecule has 16 heavy (non-hydrogen) atoms. The van der Waals surface area contributed by atoms with E-state index in [1.807, 2.05) is 6.07 Å². The predicted molar refractivity (Wildman–Crippen MR) is 57.4 cm³/mol. The maximum absolute atomic E-state index is 10.6. The van der Waals surface area contributed by atoms with Gasteiger partial charge in [-0.3, -0.25) is 4.79 Å². The standard InChI is InChI=1S/C10H9ClN2O3/c1-15-8-3-6(4-12)2-7(11)10(8)16-5-9(13)14/h2-3H,5H2,1H3,(H2,13,14). The molecule has 0 saturated carbocycles. The van der Waals surface area contributed by atoms with Crippen molar-refractivity contribution in [3.8, 4) is 17.6 Å². The van der Waals surface area contributed by atoms with Crippen molar-refractivity contribution in [2.45, 2.75) is 0 Å². The second-order valence-corrected chi connectivity index (χ2v) is 3.26. The third kappa shape index (κ3) is 2.78. The first kappa shape index (κ1) is 12.1. The van der Waals surface area contributed by atoms with Crippen LogP contribution in [0.2, 0.25) is 5.02 Å². The number of amides is 1. The molecule has 84 valence electrons. The number of nitrogens with zero attached hydrogens (tertiary/aromatic N) is 1. The van der Waals surface area contributed by atoms with Crippen molar-refractivity contribution in [2.24, 2.45) is 5.73 Å². The summed E-state index contributed by atoms with van der Waals surface area (Å²) in [6, 6.07) is 4.80. The molecule has 0 aliphatic rings. The molecule has 1 aromatic rings. The Labute approximate surface area is 97.3 Å². The SMILES string of the molecule is COc1cc(C#N)cc(Cl)c1OCC(N)=O. The largest absolute Gasteiger partial charge is 0.493 e. The highest BCUT2D eigenvalue weighted by Crippen LogP contribution is 2.36. The normalized spacial score (nSPS) is 9.31. The predicted octanol–water partition coefficient (Wildman–Crippen LogP) is 1.08. The number of hydrogen-bond donors (Lipinski definition) is 1. The molecule has 1 amide bonds. The number of ether oxygens (including phenoxy) is 2. The number of halogens is 1. The molecule has 1 aromatic carbocycles. The van der Waals surface area contributed by atoms with Gasteiger partial charge in [-0.25, -0.2) is 0 Å². The number of carbonyl (C=O) groups is 1. The molecule has 0 radical (unpaired) electrons. The van der Waals surface area contributed by atoms with Crippen molar-refractivity contribution in [1.29, 1.82) is 5.26 Å². The lowest BCUT2D eigenvalue weighted by molar-refractivity contribution is -0.119. The molecule has 0 fully saturated rings. The quantitative estimate of drug-likeness (QED) is 0.854. The molecule has 0 spiro atoms. The molecule has 6 heteroatoms. The fourth-order valence-corrected chi connectivity index (χ4v) is 1.33. The van der Waals surface area contributed by atoms with Gasteiger partial charge in [0.05, 0.1) is 23.8 Å². The number of hydrogen-bond acceptors (Lipinski definition) is 4. The summed E-state index contributed by atoms with van der Waals surface area (Å²) in [6.45, 7) is -0.304. The molecule has 0 heterocycles. The summed E-state index contributed by atoms with van der Waals surface area (Å²) >= 11 is 5.87. The number of primary amides is 1. The first-order chi connectivity index (χ1) is 7.58. The van der Waals surface area contributed by atoms with Gasteiger partial charge in [-0.2, -0.15) is 5.26 Å². The van der Waals surface area contributed by atoms with Crippen LogP contribution >= 0.6 is 11.6 Å². The minimum Gasteiger partial charge on any atom is -0.493 e. The summed E-state index contributed by atoms with van der Waals surface area (Å²) in [5.74, 6) is -0.144. The van der Waals surface area contributed by atoms with E-state index in [-0.39, 0.29) is 23.1 Å². The Morgan fingerprint density at radius 3 is 2.81 bits per heavy atom. The zero-order valence-corrected chi connectivity index (χ0v) is 9.25. The van der Waals surface area contributed by atoms with E-state index in [1.165, 1.54) is 19.2 Å². The third-order valence-electron chi connectivity index (χ3n) is 1.72. The molecule has 0 unspecified atom stereocenters. The van der Waals surface area contributed by atoms with Crippen LogP contribution in [-0.2, 0) is 4.79 Å². The van der Waals surface area contributed by atoms with Gasteiger partial charge in [-0.05, 0) is 6.07 Å². The van der Waals surface area contributed by atoms with E-state index in [0.717, 1.165) is 0 Å². The van der Waals surface area contributed by atoms with E-state index in [2.05, 4.69) is 0 Å². The molecule has 0 aliphatic heterocycles. The Morgan fingerprint density at radius 1 is 1.62 bits per heavy atom. The second kappa shape index (κ2) is 5.24. The highest BCUT2D eigenvalue weighted by Gasteiger charge is 2.12. The lowest BCUT2D eigenvalue weighted by Crippen LogP contribution is -2.20. The summed E-state index contributed by atoms with van der Waals surface area (Å²) in [7, 11) is 1.41. The van der Waals surface area contributed by atoms with Crippen LogP contribution in [0.4, 0.5) is 0 Å². The molecule has 2 N–H and O–H groups in total. The van der Waals surface area contributed by atoms with Crippen LogP contribution in [0.15, 0.2) is 12.1 Å². The van der Waals surface area contributed by atoms with Crippen molar-refractivity contribution < 1.29 is 14.3 Å². The summed E-state index contributed by atoms with van der Waals surface area (Å²) < 4.78 is 10.1. The smallest absolute Gasteiger partial charge is 0.255 e. The van der Waals surface area contributed by atoms with Gasteiger partial charge in [0.15, 0.2) is 18.1 Å². The summed E-state index contributed by atoms with van der Waals surface area (Å²) in [5.41, 5.74) is 5.28. The Morgan fingerprint density at radius 2 is 2.31 bits per heavy atom. The van der Waals surface area contributed by atoms with Crippen molar-refractivity contribution in [3.05, 3.63) is 22.7 Å².